The third-order valence-corrected chi connectivity index (χ3v) is 5.45. The summed E-state index contributed by atoms with van der Waals surface area (Å²) in [6.07, 6.45) is 5.33. The van der Waals surface area contributed by atoms with Gasteiger partial charge in [0.2, 0.25) is 0 Å². The minimum Gasteiger partial charge on any atom is -0.373 e. The van der Waals surface area contributed by atoms with E-state index >= 15 is 0 Å². The molecule has 0 bridgehead atoms. The summed E-state index contributed by atoms with van der Waals surface area (Å²) in [6.45, 7) is 7.85. The van der Waals surface area contributed by atoms with E-state index in [2.05, 4.69) is 28.9 Å². The van der Waals surface area contributed by atoms with E-state index in [-0.39, 0.29) is 0 Å². The lowest BCUT2D eigenvalue weighted by molar-refractivity contribution is 0.0788. The summed E-state index contributed by atoms with van der Waals surface area (Å²) < 4.78 is 7.97. The summed E-state index contributed by atoms with van der Waals surface area (Å²) in [4.78, 5) is 2.38. The van der Waals surface area contributed by atoms with Gasteiger partial charge in [-0.3, -0.25) is 9.58 Å². The normalized spacial score (nSPS) is 24.9. The molecule has 0 amide bonds. The van der Waals surface area contributed by atoms with E-state index in [1.165, 1.54) is 42.6 Å². The predicted octanol–water partition coefficient (Wildman–Crippen LogP) is 2.36. The van der Waals surface area contributed by atoms with Crippen molar-refractivity contribution in [1.82, 2.24) is 20.0 Å². The lowest BCUT2D eigenvalue weighted by Crippen LogP contribution is -2.27. The van der Waals surface area contributed by atoms with Gasteiger partial charge in [-0.2, -0.15) is 5.10 Å². The van der Waals surface area contributed by atoms with E-state index in [4.69, 9.17) is 9.84 Å². The smallest absolute Gasteiger partial charge is 0.0888 e. The van der Waals surface area contributed by atoms with Gasteiger partial charge in [-0.1, -0.05) is 19.8 Å². The van der Waals surface area contributed by atoms with Gasteiger partial charge in [0.1, 0.15) is 0 Å². The first kappa shape index (κ1) is 16.9. The van der Waals surface area contributed by atoms with Crippen LogP contribution in [0.3, 0.4) is 0 Å². The topological polar surface area (TPSA) is 42.3 Å². The number of nitrogens with one attached hydrogen (secondary N) is 1. The number of fused-ring (bicyclic) bond motifs is 1. The summed E-state index contributed by atoms with van der Waals surface area (Å²) >= 11 is 0. The fourth-order valence-corrected chi connectivity index (χ4v) is 4.00. The SMILES string of the molecule is CNCCN(C)Cc1nn2c(c1C1CCC(C)CC1)COCC2. The fourth-order valence-electron chi connectivity index (χ4n) is 4.00. The maximum absolute atomic E-state index is 5.75. The van der Waals surface area contributed by atoms with Crippen LogP contribution in [0.5, 0.6) is 0 Å². The van der Waals surface area contributed by atoms with Gasteiger partial charge in [0.25, 0.3) is 0 Å². The van der Waals surface area contributed by atoms with Gasteiger partial charge in [0.15, 0.2) is 0 Å². The standard InChI is InChI=1S/C18H32N4O/c1-14-4-6-15(7-5-14)18-16(12-21(3)9-8-19-2)20-22-10-11-23-13-17(18)22/h14-15,19H,4-13H2,1-3H3. The molecule has 130 valence electrons. The molecule has 2 heterocycles. The van der Waals surface area contributed by atoms with Gasteiger partial charge in [-0.05, 0) is 38.8 Å². The number of hydrogen-bond acceptors (Lipinski definition) is 4. The second-order valence-corrected chi connectivity index (χ2v) is 7.38. The molecule has 2 aliphatic rings. The molecule has 23 heavy (non-hydrogen) atoms. The van der Waals surface area contributed by atoms with Crippen molar-refractivity contribution in [2.75, 3.05) is 33.8 Å². The molecule has 5 heteroatoms. The summed E-state index contributed by atoms with van der Waals surface area (Å²) in [5, 5.41) is 8.20. The maximum Gasteiger partial charge on any atom is 0.0888 e. The Morgan fingerprint density at radius 2 is 2.09 bits per heavy atom. The second-order valence-electron chi connectivity index (χ2n) is 7.38. The van der Waals surface area contributed by atoms with Crippen molar-refractivity contribution in [2.24, 2.45) is 5.92 Å². The van der Waals surface area contributed by atoms with Crippen LogP contribution in [0.4, 0.5) is 0 Å². The van der Waals surface area contributed by atoms with Crippen LogP contribution in [0.1, 0.15) is 55.5 Å². The Balaban J connectivity index is 1.81. The van der Waals surface area contributed by atoms with E-state index in [1.807, 2.05) is 7.05 Å². The molecular formula is C18H32N4O. The zero-order chi connectivity index (χ0) is 16.2. The Bertz CT molecular complexity index is 505. The average Bonchev–Trinajstić information content (AvgIpc) is 2.91. The minimum absolute atomic E-state index is 0.685. The van der Waals surface area contributed by atoms with Crippen LogP contribution in [-0.2, 0) is 24.4 Å². The van der Waals surface area contributed by atoms with E-state index < -0.39 is 0 Å². The second kappa shape index (κ2) is 7.77. The summed E-state index contributed by atoms with van der Waals surface area (Å²) in [5.74, 6) is 1.57. The van der Waals surface area contributed by atoms with E-state index in [0.29, 0.717) is 5.92 Å². The van der Waals surface area contributed by atoms with Crippen molar-refractivity contribution in [3.05, 3.63) is 17.0 Å². The van der Waals surface area contributed by atoms with Crippen LogP contribution < -0.4 is 5.32 Å². The highest BCUT2D eigenvalue weighted by Crippen LogP contribution is 2.39. The zero-order valence-corrected chi connectivity index (χ0v) is 15.0. The summed E-state index contributed by atoms with van der Waals surface area (Å²) in [7, 11) is 4.20. The van der Waals surface area contributed by atoms with Crippen LogP contribution in [0.2, 0.25) is 0 Å². The molecule has 0 aromatic carbocycles. The van der Waals surface area contributed by atoms with E-state index in [9.17, 15) is 0 Å². The van der Waals surface area contributed by atoms with Crippen molar-refractivity contribution in [2.45, 2.75) is 58.2 Å². The molecule has 1 aliphatic carbocycles. The van der Waals surface area contributed by atoms with E-state index in [1.54, 1.807) is 0 Å². The van der Waals surface area contributed by atoms with Crippen molar-refractivity contribution < 1.29 is 4.74 Å². The van der Waals surface area contributed by atoms with E-state index in [0.717, 1.165) is 45.3 Å². The van der Waals surface area contributed by atoms with Crippen molar-refractivity contribution >= 4 is 0 Å². The van der Waals surface area contributed by atoms with Gasteiger partial charge >= 0.3 is 0 Å². The van der Waals surface area contributed by atoms with Crippen molar-refractivity contribution in [3.63, 3.8) is 0 Å². The molecule has 0 atom stereocenters. The number of rotatable bonds is 6. The summed E-state index contributed by atoms with van der Waals surface area (Å²) in [5.41, 5.74) is 4.17. The first-order valence-corrected chi connectivity index (χ1v) is 9.18. The largest absolute Gasteiger partial charge is 0.373 e. The fraction of sp³-hybridized carbons (Fsp3) is 0.833. The average molecular weight is 320 g/mol. The monoisotopic (exact) mass is 320 g/mol. The molecule has 1 aliphatic heterocycles. The van der Waals surface area contributed by atoms with Gasteiger partial charge in [-0.25, -0.2) is 0 Å². The molecule has 0 saturated heterocycles. The minimum atomic E-state index is 0.685. The first-order chi connectivity index (χ1) is 11.2. The predicted molar refractivity (Wildman–Crippen MR) is 92.5 cm³/mol. The lowest BCUT2D eigenvalue weighted by Gasteiger charge is -2.28. The summed E-state index contributed by atoms with van der Waals surface area (Å²) in [6, 6.07) is 0. The van der Waals surface area contributed by atoms with Crippen LogP contribution in [-0.4, -0.2) is 48.5 Å². The Labute approximate surface area is 140 Å². The first-order valence-electron chi connectivity index (χ1n) is 9.18. The Morgan fingerprint density at radius 3 is 2.83 bits per heavy atom. The molecule has 1 aromatic heterocycles. The Hall–Kier alpha value is -0.910. The van der Waals surface area contributed by atoms with Crippen LogP contribution >= 0.6 is 0 Å². The number of ether oxygens (including phenoxy) is 1. The quantitative estimate of drug-likeness (QED) is 0.874. The molecule has 1 N–H and O–H groups in total. The molecule has 3 rings (SSSR count). The number of aromatic nitrogens is 2. The van der Waals surface area contributed by atoms with Crippen LogP contribution in [0.15, 0.2) is 0 Å². The van der Waals surface area contributed by atoms with Crippen molar-refractivity contribution in [1.29, 1.82) is 0 Å². The molecule has 5 nitrogen and oxygen atoms in total. The number of nitrogens with zero attached hydrogens (tertiary/aromatic N) is 3. The molecule has 0 spiro atoms. The van der Waals surface area contributed by atoms with Gasteiger partial charge in [0, 0.05) is 25.2 Å². The van der Waals surface area contributed by atoms with Gasteiger partial charge in [-0.15, -0.1) is 0 Å². The van der Waals surface area contributed by atoms with Gasteiger partial charge in [0.05, 0.1) is 31.1 Å². The van der Waals surface area contributed by atoms with Crippen LogP contribution in [0.25, 0.3) is 0 Å². The zero-order valence-electron chi connectivity index (χ0n) is 15.0. The highest BCUT2D eigenvalue weighted by molar-refractivity contribution is 5.31. The third kappa shape index (κ3) is 3.95. The Kier molecular flexibility index (Phi) is 5.72. The highest BCUT2D eigenvalue weighted by atomic mass is 16.5. The Morgan fingerprint density at radius 1 is 1.30 bits per heavy atom. The van der Waals surface area contributed by atoms with Gasteiger partial charge < -0.3 is 10.1 Å². The molecule has 0 unspecified atom stereocenters. The molecule has 1 aromatic rings. The van der Waals surface area contributed by atoms with Crippen molar-refractivity contribution in [3.8, 4) is 0 Å². The lowest BCUT2D eigenvalue weighted by atomic mass is 9.78. The maximum atomic E-state index is 5.75. The molecule has 0 radical (unpaired) electrons. The molecule has 1 fully saturated rings. The number of likely N-dealkylation sites (N-methyl/N-ethyl adjacent to an activating group) is 2. The third-order valence-electron chi connectivity index (χ3n) is 5.45. The number of hydrogen-bond donors (Lipinski definition) is 1. The van der Waals surface area contributed by atoms with Crippen LogP contribution in [0, 0.1) is 5.92 Å². The highest BCUT2D eigenvalue weighted by Gasteiger charge is 2.29. The molecular weight excluding hydrogens is 288 g/mol. The molecule has 1 saturated carbocycles.